The lowest BCUT2D eigenvalue weighted by molar-refractivity contribution is -0.133. The van der Waals surface area contributed by atoms with Gasteiger partial charge in [-0.3, -0.25) is 14.8 Å². The van der Waals surface area contributed by atoms with Crippen LogP contribution in [-0.2, 0) is 9.53 Å². The fraction of sp³-hybridized carbons (Fsp3) is 0.455. The lowest BCUT2D eigenvalue weighted by Gasteiger charge is -2.16. The number of hydrazine groups is 1. The molecule has 1 fully saturated rings. The predicted molar refractivity (Wildman–Crippen MR) is 74.2 cm³/mol. The van der Waals surface area contributed by atoms with Crippen molar-refractivity contribution < 1.29 is 19.7 Å². The number of imidazole rings is 1. The quantitative estimate of drug-likeness (QED) is 0.312. The minimum atomic E-state index is -1.34. The highest BCUT2D eigenvalue weighted by molar-refractivity contribution is 5.83. The molecule has 1 aliphatic rings. The number of nitrogens with one attached hydrogen (secondary N) is 1. The van der Waals surface area contributed by atoms with Gasteiger partial charge in [-0.2, -0.15) is 9.97 Å². The first-order valence-electron chi connectivity index (χ1n) is 6.42. The van der Waals surface area contributed by atoms with Gasteiger partial charge in [0.1, 0.15) is 23.8 Å². The Kier molecular flexibility index (Phi) is 3.41. The molecule has 11 heteroatoms. The van der Waals surface area contributed by atoms with Gasteiger partial charge in [0.05, 0.1) is 6.33 Å². The standard InChI is InChI=1S/C11H15N7O4/c1-3(19)7-5(20)6(21)10(22-7)18-2-14-4-8(12)15-11(17-13)16-9(4)18/h2,5-7,10,20-21H,13H2,1H3,(H3,12,15,16,17)/t5-,6+,7+,10+/m0/s1. The number of nitrogen functional groups attached to an aromatic ring is 2. The Labute approximate surface area is 123 Å². The van der Waals surface area contributed by atoms with Crippen LogP contribution < -0.4 is 17.0 Å². The zero-order valence-corrected chi connectivity index (χ0v) is 11.5. The highest BCUT2D eigenvalue weighted by atomic mass is 16.6. The third-order valence-electron chi connectivity index (χ3n) is 3.49. The first kappa shape index (κ1) is 14.6. The van der Waals surface area contributed by atoms with Crippen molar-refractivity contribution >= 4 is 28.7 Å². The molecule has 0 spiro atoms. The number of aromatic nitrogens is 4. The van der Waals surface area contributed by atoms with Crippen molar-refractivity contribution in [1.82, 2.24) is 19.5 Å². The van der Waals surface area contributed by atoms with Gasteiger partial charge >= 0.3 is 0 Å². The number of hydrogen-bond acceptors (Lipinski definition) is 10. The van der Waals surface area contributed by atoms with E-state index in [0.717, 1.165) is 0 Å². The van der Waals surface area contributed by atoms with Crippen molar-refractivity contribution in [3.8, 4) is 0 Å². The van der Waals surface area contributed by atoms with E-state index in [1.807, 2.05) is 0 Å². The van der Waals surface area contributed by atoms with Crippen LogP contribution in [0.3, 0.4) is 0 Å². The molecule has 0 saturated carbocycles. The van der Waals surface area contributed by atoms with E-state index in [2.05, 4.69) is 20.4 Å². The van der Waals surface area contributed by atoms with Gasteiger partial charge < -0.3 is 20.7 Å². The third kappa shape index (κ3) is 2.07. The summed E-state index contributed by atoms with van der Waals surface area (Å²) >= 11 is 0. The van der Waals surface area contributed by atoms with Crippen LogP contribution in [-0.4, -0.2) is 53.8 Å². The van der Waals surface area contributed by atoms with Gasteiger partial charge in [-0.15, -0.1) is 0 Å². The Morgan fingerprint density at radius 2 is 2.14 bits per heavy atom. The molecule has 1 aliphatic heterocycles. The third-order valence-corrected chi connectivity index (χ3v) is 3.49. The molecule has 0 bridgehead atoms. The summed E-state index contributed by atoms with van der Waals surface area (Å²) in [4.78, 5) is 23.5. The lowest BCUT2D eigenvalue weighted by Crippen LogP contribution is -2.34. The Morgan fingerprint density at radius 1 is 1.41 bits per heavy atom. The maximum Gasteiger partial charge on any atom is 0.241 e. The summed E-state index contributed by atoms with van der Waals surface area (Å²) in [6, 6.07) is 0. The first-order chi connectivity index (χ1) is 10.4. The minimum Gasteiger partial charge on any atom is -0.387 e. The average molecular weight is 309 g/mol. The van der Waals surface area contributed by atoms with Crippen LogP contribution in [0.2, 0.25) is 0 Å². The lowest BCUT2D eigenvalue weighted by atomic mass is 10.1. The number of aliphatic hydroxyl groups excluding tert-OH is 2. The summed E-state index contributed by atoms with van der Waals surface area (Å²) in [7, 11) is 0. The predicted octanol–water partition coefficient (Wildman–Crippen LogP) is -2.10. The van der Waals surface area contributed by atoms with Gasteiger partial charge in [0.2, 0.25) is 5.95 Å². The van der Waals surface area contributed by atoms with Crippen molar-refractivity contribution in [2.45, 2.75) is 31.5 Å². The number of carbonyl (C=O) groups is 1. The molecule has 22 heavy (non-hydrogen) atoms. The molecule has 2 aromatic rings. The van der Waals surface area contributed by atoms with Gasteiger partial charge in [-0.1, -0.05) is 0 Å². The van der Waals surface area contributed by atoms with Crippen molar-refractivity contribution in [2.24, 2.45) is 5.84 Å². The summed E-state index contributed by atoms with van der Waals surface area (Å²) < 4.78 is 6.80. The summed E-state index contributed by atoms with van der Waals surface area (Å²) in [5.41, 5.74) is 8.56. The van der Waals surface area contributed by atoms with Gasteiger partial charge in [0.15, 0.2) is 23.5 Å². The van der Waals surface area contributed by atoms with E-state index in [0.29, 0.717) is 0 Å². The Balaban J connectivity index is 2.07. The monoisotopic (exact) mass is 309 g/mol. The number of nitrogens with zero attached hydrogens (tertiary/aromatic N) is 4. The van der Waals surface area contributed by atoms with Crippen LogP contribution in [0.25, 0.3) is 11.2 Å². The normalized spacial score (nSPS) is 28.2. The average Bonchev–Trinajstić information content (AvgIpc) is 3.02. The number of aliphatic hydroxyl groups is 2. The topological polar surface area (TPSA) is 174 Å². The van der Waals surface area contributed by atoms with E-state index in [1.165, 1.54) is 17.8 Å². The Hall–Kier alpha value is -2.34. The van der Waals surface area contributed by atoms with Crippen LogP contribution in [0.4, 0.5) is 11.8 Å². The van der Waals surface area contributed by atoms with E-state index < -0.39 is 30.3 Å². The Morgan fingerprint density at radius 3 is 2.73 bits per heavy atom. The number of ether oxygens (including phenoxy) is 1. The fourth-order valence-corrected chi connectivity index (χ4v) is 2.41. The number of hydrogen-bond donors (Lipinski definition) is 5. The first-order valence-corrected chi connectivity index (χ1v) is 6.42. The largest absolute Gasteiger partial charge is 0.387 e. The number of carbonyl (C=O) groups excluding carboxylic acids is 1. The second-order valence-corrected chi connectivity index (χ2v) is 4.94. The second kappa shape index (κ2) is 5.14. The molecule has 4 atom stereocenters. The second-order valence-electron chi connectivity index (χ2n) is 4.94. The van der Waals surface area contributed by atoms with E-state index in [4.69, 9.17) is 16.3 Å². The molecule has 1 saturated heterocycles. The molecule has 0 aliphatic carbocycles. The van der Waals surface area contributed by atoms with Crippen molar-refractivity contribution in [1.29, 1.82) is 0 Å². The Bertz CT molecular complexity index is 733. The molecule has 2 aromatic heterocycles. The molecule has 0 unspecified atom stereocenters. The molecular weight excluding hydrogens is 294 g/mol. The molecule has 7 N–H and O–H groups in total. The van der Waals surface area contributed by atoms with Crippen LogP contribution in [0.1, 0.15) is 13.2 Å². The molecule has 0 aromatic carbocycles. The van der Waals surface area contributed by atoms with Crippen molar-refractivity contribution in [3.63, 3.8) is 0 Å². The molecule has 3 heterocycles. The highest BCUT2D eigenvalue weighted by Gasteiger charge is 2.46. The zero-order chi connectivity index (χ0) is 16.0. The molecule has 3 rings (SSSR count). The van der Waals surface area contributed by atoms with E-state index in [-0.39, 0.29) is 22.9 Å². The van der Waals surface area contributed by atoms with Crippen LogP contribution >= 0.6 is 0 Å². The molecule has 0 amide bonds. The number of rotatable bonds is 3. The van der Waals surface area contributed by atoms with Crippen molar-refractivity contribution in [2.75, 3.05) is 11.2 Å². The number of anilines is 2. The number of Topliss-reactive ketones (excluding diaryl/α,β-unsaturated/α-hetero) is 1. The summed E-state index contributed by atoms with van der Waals surface area (Å²) in [5, 5.41) is 20.0. The smallest absolute Gasteiger partial charge is 0.241 e. The maximum absolute atomic E-state index is 11.4. The SMILES string of the molecule is CC(=O)[C@H]1O[C@@H](n2cnc3c(N)nc(NN)nc32)[C@H](O)[C@@H]1O. The molecule has 118 valence electrons. The van der Waals surface area contributed by atoms with E-state index in [1.54, 1.807) is 0 Å². The van der Waals surface area contributed by atoms with E-state index >= 15 is 0 Å². The molecule has 11 nitrogen and oxygen atoms in total. The van der Waals surface area contributed by atoms with Crippen molar-refractivity contribution in [3.05, 3.63) is 6.33 Å². The van der Waals surface area contributed by atoms with Gasteiger partial charge in [0, 0.05) is 0 Å². The van der Waals surface area contributed by atoms with Crippen LogP contribution in [0.5, 0.6) is 0 Å². The van der Waals surface area contributed by atoms with Crippen LogP contribution in [0.15, 0.2) is 6.33 Å². The van der Waals surface area contributed by atoms with Gasteiger partial charge in [0.25, 0.3) is 0 Å². The molecular formula is C11H15N7O4. The van der Waals surface area contributed by atoms with Crippen LogP contribution in [0, 0.1) is 0 Å². The van der Waals surface area contributed by atoms with E-state index in [9.17, 15) is 15.0 Å². The summed E-state index contributed by atoms with van der Waals surface area (Å²) in [5.74, 6) is 5.02. The van der Waals surface area contributed by atoms with Gasteiger partial charge in [-0.05, 0) is 6.92 Å². The summed E-state index contributed by atoms with van der Waals surface area (Å²) in [6.07, 6.45) is -3.49. The maximum atomic E-state index is 11.4. The number of ketones is 1. The molecule has 0 radical (unpaired) electrons. The highest BCUT2D eigenvalue weighted by Crippen LogP contribution is 2.32. The number of nitrogens with two attached hydrogens (primary N) is 2. The zero-order valence-electron chi connectivity index (χ0n) is 11.5. The summed E-state index contributed by atoms with van der Waals surface area (Å²) in [6.45, 7) is 1.27. The fourth-order valence-electron chi connectivity index (χ4n) is 2.41. The minimum absolute atomic E-state index is 0.0582. The number of fused-ring (bicyclic) bond motifs is 1. The van der Waals surface area contributed by atoms with Gasteiger partial charge in [-0.25, -0.2) is 10.8 Å².